The van der Waals surface area contributed by atoms with Crippen molar-refractivity contribution in [2.24, 2.45) is 0 Å². The molecule has 0 aromatic carbocycles. The molecule has 1 aliphatic rings. The van der Waals surface area contributed by atoms with Gasteiger partial charge in [-0.05, 0) is 37.8 Å². The van der Waals surface area contributed by atoms with E-state index < -0.39 is 10.2 Å². The summed E-state index contributed by atoms with van der Waals surface area (Å²) >= 11 is 1.59. The van der Waals surface area contributed by atoms with Gasteiger partial charge in [0.05, 0.1) is 12.7 Å². The normalized spacial score (nSPS) is 25.2. The lowest BCUT2D eigenvalue weighted by Gasteiger charge is -2.37. The molecule has 7 heteroatoms. The zero-order valence-corrected chi connectivity index (χ0v) is 14.0. The van der Waals surface area contributed by atoms with E-state index in [-0.39, 0.29) is 12.1 Å². The molecule has 0 N–H and O–H groups in total. The lowest BCUT2D eigenvalue weighted by atomic mass is 10.2. The maximum atomic E-state index is 12.7. The first-order chi connectivity index (χ1) is 9.32. The molecule has 2 unspecified atom stereocenters. The topological polar surface area (TPSA) is 49.9 Å². The van der Waals surface area contributed by atoms with Crippen molar-refractivity contribution in [3.8, 4) is 0 Å². The zero-order chi connectivity index (χ0) is 14.9. The molecule has 0 saturated carbocycles. The highest BCUT2D eigenvalue weighted by atomic mass is 32.2. The van der Waals surface area contributed by atoms with Crippen molar-refractivity contribution in [2.75, 3.05) is 20.2 Å². The highest BCUT2D eigenvalue weighted by Gasteiger charge is 2.35. The van der Waals surface area contributed by atoms with Gasteiger partial charge in [-0.1, -0.05) is 0 Å². The van der Waals surface area contributed by atoms with E-state index in [1.54, 1.807) is 22.7 Å². The fourth-order valence-corrected chi connectivity index (χ4v) is 4.83. The molecular formula is C13H22N2O3S2. The van der Waals surface area contributed by atoms with Crippen LogP contribution >= 0.6 is 11.3 Å². The molecule has 114 valence electrons. The molecule has 1 aromatic rings. The number of hydrogen-bond acceptors (Lipinski definition) is 4. The Morgan fingerprint density at radius 3 is 2.80 bits per heavy atom. The van der Waals surface area contributed by atoms with Crippen molar-refractivity contribution < 1.29 is 13.2 Å². The summed E-state index contributed by atoms with van der Waals surface area (Å²) in [5, 5.41) is 1.99. The Morgan fingerprint density at radius 1 is 1.50 bits per heavy atom. The smallest absolute Gasteiger partial charge is 0.282 e. The first-order valence-electron chi connectivity index (χ1n) is 6.70. The summed E-state index contributed by atoms with van der Waals surface area (Å²) in [7, 11) is -1.80. The first kappa shape index (κ1) is 15.9. The van der Waals surface area contributed by atoms with E-state index in [9.17, 15) is 8.42 Å². The molecule has 2 heterocycles. The Labute approximate surface area is 125 Å². The molecule has 5 nitrogen and oxygen atoms in total. The highest BCUT2D eigenvalue weighted by Crippen LogP contribution is 2.22. The van der Waals surface area contributed by atoms with Crippen LogP contribution in [0.2, 0.25) is 0 Å². The lowest BCUT2D eigenvalue weighted by molar-refractivity contribution is -0.0188. The minimum atomic E-state index is -3.44. The van der Waals surface area contributed by atoms with E-state index in [1.165, 1.54) is 4.31 Å². The summed E-state index contributed by atoms with van der Waals surface area (Å²) in [6, 6.07) is 1.89. The van der Waals surface area contributed by atoms with Crippen LogP contribution in [-0.2, 0) is 21.5 Å². The van der Waals surface area contributed by atoms with E-state index in [1.807, 2.05) is 32.2 Å². The molecule has 0 aliphatic carbocycles. The standard InChI is InChI=1S/C13H22N2O3S2/c1-10-5-6-19-13(10)8-14(4)20(16,17)15-7-12(3)18-9-11(15)2/h5-6,11-12H,7-9H2,1-4H3. The number of morpholine rings is 1. The molecular weight excluding hydrogens is 296 g/mol. The molecule has 0 radical (unpaired) electrons. The number of rotatable bonds is 4. The second-order valence-corrected chi connectivity index (χ2v) is 8.34. The monoisotopic (exact) mass is 318 g/mol. The third-order valence-corrected chi connectivity index (χ3v) is 6.60. The molecule has 1 saturated heterocycles. The first-order valence-corrected chi connectivity index (χ1v) is 8.97. The molecule has 0 amide bonds. The van der Waals surface area contributed by atoms with E-state index in [2.05, 4.69) is 0 Å². The van der Waals surface area contributed by atoms with Gasteiger partial charge in [0.1, 0.15) is 0 Å². The van der Waals surface area contributed by atoms with Crippen molar-refractivity contribution in [3.05, 3.63) is 21.9 Å². The minimum Gasteiger partial charge on any atom is -0.375 e. The van der Waals surface area contributed by atoms with Gasteiger partial charge in [-0.3, -0.25) is 0 Å². The molecule has 2 rings (SSSR count). The van der Waals surface area contributed by atoms with Crippen molar-refractivity contribution in [1.29, 1.82) is 0 Å². The Bertz CT molecular complexity index is 556. The molecule has 0 spiro atoms. The summed E-state index contributed by atoms with van der Waals surface area (Å²) < 4.78 is 33.8. The van der Waals surface area contributed by atoms with Crippen molar-refractivity contribution in [2.45, 2.75) is 39.5 Å². The van der Waals surface area contributed by atoms with Gasteiger partial charge in [0.25, 0.3) is 10.2 Å². The van der Waals surface area contributed by atoms with Crippen LogP contribution in [0.15, 0.2) is 11.4 Å². The lowest BCUT2D eigenvalue weighted by Crippen LogP contribution is -2.53. The van der Waals surface area contributed by atoms with Gasteiger partial charge in [-0.15, -0.1) is 11.3 Å². The van der Waals surface area contributed by atoms with E-state index in [4.69, 9.17) is 4.74 Å². The van der Waals surface area contributed by atoms with Gasteiger partial charge < -0.3 is 4.74 Å². The number of hydrogen-bond donors (Lipinski definition) is 0. The summed E-state index contributed by atoms with van der Waals surface area (Å²) in [5.41, 5.74) is 1.14. The Kier molecular flexibility index (Phi) is 4.86. The fourth-order valence-electron chi connectivity index (χ4n) is 2.22. The van der Waals surface area contributed by atoms with Crippen molar-refractivity contribution >= 4 is 21.5 Å². The van der Waals surface area contributed by atoms with Crippen LogP contribution in [0.3, 0.4) is 0 Å². The Morgan fingerprint density at radius 2 is 2.20 bits per heavy atom. The molecule has 1 fully saturated rings. The molecule has 0 bridgehead atoms. The maximum Gasteiger partial charge on any atom is 0.282 e. The quantitative estimate of drug-likeness (QED) is 0.851. The number of aryl methyl sites for hydroxylation is 1. The van der Waals surface area contributed by atoms with Crippen LogP contribution in [0.4, 0.5) is 0 Å². The van der Waals surface area contributed by atoms with Gasteiger partial charge >= 0.3 is 0 Å². The van der Waals surface area contributed by atoms with Gasteiger partial charge in [0, 0.05) is 31.1 Å². The number of thiophene rings is 1. The van der Waals surface area contributed by atoms with Crippen LogP contribution in [0, 0.1) is 6.92 Å². The van der Waals surface area contributed by atoms with Crippen LogP contribution < -0.4 is 0 Å². The summed E-state index contributed by atoms with van der Waals surface area (Å²) in [6.45, 7) is 7.07. The van der Waals surface area contributed by atoms with E-state index in [0.717, 1.165) is 10.4 Å². The third-order valence-electron chi connectivity index (χ3n) is 3.58. The minimum absolute atomic E-state index is 0.0575. The van der Waals surface area contributed by atoms with Gasteiger partial charge in [0.15, 0.2) is 0 Å². The van der Waals surface area contributed by atoms with Crippen LogP contribution in [0.1, 0.15) is 24.3 Å². The SMILES string of the molecule is Cc1ccsc1CN(C)S(=O)(=O)N1CC(C)OCC1C. The molecule has 1 aromatic heterocycles. The van der Waals surface area contributed by atoms with Crippen molar-refractivity contribution in [1.82, 2.24) is 8.61 Å². The molecule has 20 heavy (non-hydrogen) atoms. The average molecular weight is 318 g/mol. The summed E-state index contributed by atoms with van der Waals surface area (Å²) in [5.74, 6) is 0. The van der Waals surface area contributed by atoms with Crippen molar-refractivity contribution in [3.63, 3.8) is 0 Å². The average Bonchev–Trinajstić information content (AvgIpc) is 2.78. The summed E-state index contributed by atoms with van der Waals surface area (Å²) in [4.78, 5) is 1.09. The predicted molar refractivity (Wildman–Crippen MR) is 81.0 cm³/mol. The zero-order valence-electron chi connectivity index (χ0n) is 12.4. The Hall–Kier alpha value is -0.470. The highest BCUT2D eigenvalue weighted by molar-refractivity contribution is 7.86. The van der Waals surface area contributed by atoms with Gasteiger partial charge in [-0.25, -0.2) is 0 Å². The van der Waals surface area contributed by atoms with Crippen LogP contribution in [-0.4, -0.2) is 49.4 Å². The maximum absolute atomic E-state index is 12.7. The largest absolute Gasteiger partial charge is 0.375 e. The van der Waals surface area contributed by atoms with E-state index >= 15 is 0 Å². The Balaban J connectivity index is 2.14. The predicted octanol–water partition coefficient (Wildman–Crippen LogP) is 1.84. The number of ether oxygens (including phenoxy) is 1. The number of nitrogens with zero attached hydrogens (tertiary/aromatic N) is 2. The van der Waals surface area contributed by atoms with Gasteiger partial charge in [0.2, 0.25) is 0 Å². The third kappa shape index (κ3) is 3.23. The fraction of sp³-hybridized carbons (Fsp3) is 0.692. The molecule has 2 atom stereocenters. The van der Waals surface area contributed by atoms with E-state index in [0.29, 0.717) is 19.7 Å². The van der Waals surface area contributed by atoms with Gasteiger partial charge in [-0.2, -0.15) is 17.0 Å². The van der Waals surface area contributed by atoms with Crippen LogP contribution in [0.25, 0.3) is 0 Å². The van der Waals surface area contributed by atoms with Crippen LogP contribution in [0.5, 0.6) is 0 Å². The molecule has 1 aliphatic heterocycles. The second-order valence-electron chi connectivity index (χ2n) is 5.35. The summed E-state index contributed by atoms with van der Waals surface area (Å²) in [6.07, 6.45) is -0.0575. The second kappa shape index (κ2) is 6.11.